The first-order valence-electron chi connectivity index (χ1n) is 14.1. The predicted octanol–water partition coefficient (Wildman–Crippen LogP) is 8.14. The monoisotopic (exact) mass is 600 g/mol. The summed E-state index contributed by atoms with van der Waals surface area (Å²) < 4.78 is 28.0. The van der Waals surface area contributed by atoms with E-state index in [0.717, 1.165) is 60.9 Å². The van der Waals surface area contributed by atoms with E-state index in [4.69, 9.17) is 31.0 Å². The van der Waals surface area contributed by atoms with E-state index in [1.807, 2.05) is 19.1 Å². The van der Waals surface area contributed by atoms with Crippen LogP contribution in [-0.2, 0) is 17.0 Å². The molecule has 0 spiro atoms. The zero-order valence-electron chi connectivity index (χ0n) is 26.5. The number of ether oxygens (including phenoxy) is 4. The van der Waals surface area contributed by atoms with Crippen molar-refractivity contribution in [1.29, 1.82) is 0 Å². The Kier molecular flexibility index (Phi) is 14.1. The first kappa shape index (κ1) is 35.0. The van der Waals surface area contributed by atoms with Gasteiger partial charge in [0.2, 0.25) is 0 Å². The molecule has 0 fully saturated rings. The van der Waals surface area contributed by atoms with E-state index in [0.29, 0.717) is 0 Å². The molecule has 0 saturated heterocycles. The van der Waals surface area contributed by atoms with Gasteiger partial charge in [-0.05, 0) is 107 Å². The van der Waals surface area contributed by atoms with Crippen molar-refractivity contribution in [2.24, 2.45) is 0 Å². The van der Waals surface area contributed by atoms with Gasteiger partial charge in [-0.15, -0.1) is 0 Å². The van der Waals surface area contributed by atoms with Crippen molar-refractivity contribution in [3.63, 3.8) is 0 Å². The average Bonchev–Trinajstić information content (AvgIpc) is 2.96. The van der Waals surface area contributed by atoms with Crippen molar-refractivity contribution in [2.75, 3.05) is 46.7 Å². The largest absolute Gasteiger partial charge is 0.493 e. The van der Waals surface area contributed by atoms with Crippen molar-refractivity contribution in [3.05, 3.63) is 71.8 Å². The summed E-state index contributed by atoms with van der Waals surface area (Å²) in [7, 11) is 12.3. The molecule has 0 aromatic heterocycles. The third-order valence-corrected chi connectivity index (χ3v) is 12.3. The zero-order chi connectivity index (χ0) is 30.5. The molecule has 2 aromatic carbocycles. The van der Waals surface area contributed by atoms with Gasteiger partial charge in [-0.3, -0.25) is 0 Å². The molecule has 0 amide bonds. The van der Waals surface area contributed by atoms with Crippen molar-refractivity contribution >= 4 is 29.9 Å². The van der Waals surface area contributed by atoms with Gasteiger partial charge in [0.15, 0.2) is 23.0 Å². The van der Waals surface area contributed by atoms with E-state index < -0.39 is 14.9 Å². The molecule has 8 heteroatoms. The standard InChI is InChI=1S/C33H49BO5S2/c1-10-20-33(21-11-2,22-12-14-26-16-18-28(35-4)30(24-26)37-6)40-39-32(3,34)41(8,9)23-13-15-27-17-19-29(36-5)31(25-27)38-7/h10-11,16-21,24-25H,12-15,22-23H2,1-9H3. The molecule has 2 radical (unpaired) electrons. The van der Waals surface area contributed by atoms with Crippen LogP contribution in [-0.4, -0.2) is 64.1 Å². The van der Waals surface area contributed by atoms with Gasteiger partial charge >= 0.3 is 0 Å². The lowest BCUT2D eigenvalue weighted by molar-refractivity contribution is 0.310. The summed E-state index contributed by atoms with van der Waals surface area (Å²) in [5.74, 6) is 4.00. The highest BCUT2D eigenvalue weighted by molar-refractivity contribution is 8.34. The Morgan fingerprint density at radius 2 is 1.22 bits per heavy atom. The first-order chi connectivity index (χ1) is 19.5. The summed E-state index contributed by atoms with van der Waals surface area (Å²) in [4.78, 5) is -0.757. The second kappa shape index (κ2) is 16.5. The van der Waals surface area contributed by atoms with Gasteiger partial charge in [-0.25, -0.2) is 10.0 Å². The third kappa shape index (κ3) is 9.97. The highest BCUT2D eigenvalue weighted by Crippen LogP contribution is 2.55. The third-order valence-electron chi connectivity index (χ3n) is 7.41. The Balaban J connectivity index is 2.05. The smallest absolute Gasteiger partial charge is 0.160 e. The van der Waals surface area contributed by atoms with Crippen LogP contribution in [0.15, 0.2) is 60.7 Å². The maximum atomic E-state index is 6.92. The highest BCUT2D eigenvalue weighted by atomic mass is 32.3. The molecule has 0 aliphatic rings. The van der Waals surface area contributed by atoms with Crippen LogP contribution in [0.25, 0.3) is 0 Å². The number of allylic oxidation sites excluding steroid dienone is 2. The van der Waals surface area contributed by atoms with Gasteiger partial charge in [0.05, 0.1) is 38.0 Å². The van der Waals surface area contributed by atoms with E-state index in [-0.39, 0.29) is 4.75 Å². The summed E-state index contributed by atoms with van der Waals surface area (Å²) in [6.07, 6.45) is 17.9. The number of rotatable bonds is 18. The van der Waals surface area contributed by atoms with E-state index in [1.165, 1.54) is 23.2 Å². The molecule has 0 heterocycles. The Morgan fingerprint density at radius 1 is 0.756 bits per heavy atom. The quantitative estimate of drug-likeness (QED) is 0.0978. The number of hydrogen-bond acceptors (Lipinski definition) is 6. The van der Waals surface area contributed by atoms with E-state index in [2.05, 4.69) is 74.9 Å². The fourth-order valence-corrected chi connectivity index (χ4v) is 7.66. The Bertz CT molecular complexity index is 1130. The molecule has 1 atom stereocenters. The van der Waals surface area contributed by atoms with Gasteiger partial charge in [0.25, 0.3) is 0 Å². The molecule has 41 heavy (non-hydrogen) atoms. The lowest BCUT2D eigenvalue weighted by Gasteiger charge is -2.47. The van der Waals surface area contributed by atoms with Gasteiger partial charge < -0.3 is 23.1 Å². The van der Waals surface area contributed by atoms with Crippen molar-refractivity contribution in [2.45, 2.75) is 62.5 Å². The molecule has 0 N–H and O–H groups in total. The molecule has 2 rings (SSSR count). The van der Waals surface area contributed by atoms with Gasteiger partial charge in [-0.1, -0.05) is 36.4 Å². The molecule has 0 saturated carbocycles. The van der Waals surface area contributed by atoms with E-state index in [9.17, 15) is 0 Å². The van der Waals surface area contributed by atoms with Gasteiger partial charge in [0, 0.05) is 12.0 Å². The lowest BCUT2D eigenvalue weighted by atomic mass is 9.97. The summed E-state index contributed by atoms with van der Waals surface area (Å²) in [5.41, 5.74) is 2.44. The van der Waals surface area contributed by atoms with E-state index in [1.54, 1.807) is 28.4 Å². The zero-order valence-corrected chi connectivity index (χ0v) is 28.1. The van der Waals surface area contributed by atoms with Crippen LogP contribution in [0.2, 0.25) is 0 Å². The van der Waals surface area contributed by atoms with Crippen molar-refractivity contribution in [3.8, 4) is 23.0 Å². The summed E-state index contributed by atoms with van der Waals surface area (Å²) >= 11 is 1.49. The normalized spacial score (nSPS) is 15.4. The van der Waals surface area contributed by atoms with Crippen LogP contribution in [0.3, 0.4) is 0 Å². The second-order valence-corrected chi connectivity index (χ2v) is 16.1. The molecular formula is C33H49BO5S2. The second-order valence-electron chi connectivity index (χ2n) is 10.7. The lowest BCUT2D eigenvalue weighted by Crippen LogP contribution is -2.36. The fourth-order valence-electron chi connectivity index (χ4n) is 4.62. The first-order valence-corrected chi connectivity index (χ1v) is 17.4. The maximum Gasteiger partial charge on any atom is 0.160 e. The van der Waals surface area contributed by atoms with Gasteiger partial charge in [-0.2, -0.15) is 0 Å². The van der Waals surface area contributed by atoms with Crippen LogP contribution >= 0.6 is 22.1 Å². The SMILES string of the molecule is [B]C(C)(OSC(C=CC)(C=CC)CCCc1ccc(OC)c(OC)c1)S(C)(C)CCCc1ccc(OC)c(OC)c1. The molecule has 1 unspecified atom stereocenters. The molecule has 0 bridgehead atoms. The molecule has 5 nitrogen and oxygen atoms in total. The Labute approximate surface area is 256 Å². The number of hydrogen-bond donors (Lipinski definition) is 0. The number of benzene rings is 2. The Hall–Kier alpha value is -2.16. The fraction of sp³-hybridized carbons (Fsp3) is 0.515. The number of methoxy groups -OCH3 is 4. The molecular weight excluding hydrogens is 551 g/mol. The minimum absolute atomic E-state index is 0.310. The van der Waals surface area contributed by atoms with Crippen LogP contribution in [0, 0.1) is 0 Å². The van der Waals surface area contributed by atoms with Crippen molar-refractivity contribution in [1.82, 2.24) is 0 Å². The Morgan fingerprint density at radius 3 is 1.66 bits per heavy atom. The summed E-state index contributed by atoms with van der Waals surface area (Å²) in [6, 6.07) is 12.2. The molecule has 2 aromatic rings. The summed E-state index contributed by atoms with van der Waals surface area (Å²) in [5, 5.41) is 0. The molecule has 0 aliphatic heterocycles. The van der Waals surface area contributed by atoms with Crippen LogP contribution in [0.4, 0.5) is 0 Å². The molecule has 226 valence electrons. The molecule has 0 aliphatic carbocycles. The van der Waals surface area contributed by atoms with Gasteiger partial charge in [0.1, 0.15) is 7.85 Å². The maximum absolute atomic E-state index is 6.92. The predicted molar refractivity (Wildman–Crippen MR) is 180 cm³/mol. The topological polar surface area (TPSA) is 46.2 Å². The van der Waals surface area contributed by atoms with E-state index >= 15 is 0 Å². The minimum atomic E-state index is -1.28. The van der Waals surface area contributed by atoms with Crippen molar-refractivity contribution < 1.29 is 23.1 Å². The highest BCUT2D eigenvalue weighted by Gasteiger charge is 2.36. The van der Waals surface area contributed by atoms with Crippen LogP contribution < -0.4 is 18.9 Å². The van der Waals surface area contributed by atoms with Crippen LogP contribution in [0.1, 0.15) is 51.2 Å². The minimum Gasteiger partial charge on any atom is -0.493 e. The number of aryl methyl sites for hydroxylation is 2. The summed E-state index contributed by atoms with van der Waals surface area (Å²) in [6.45, 7) is 6.14. The average molecular weight is 601 g/mol. The van der Waals surface area contributed by atoms with Crippen LogP contribution in [0.5, 0.6) is 23.0 Å².